The molecule has 0 bridgehead atoms. The Morgan fingerprint density at radius 1 is 1.37 bits per heavy atom. The Morgan fingerprint density at radius 3 is 2.89 bits per heavy atom. The minimum atomic E-state index is 0.604. The summed E-state index contributed by atoms with van der Waals surface area (Å²) in [5.74, 6) is 0.604. The summed E-state index contributed by atoms with van der Waals surface area (Å²) in [4.78, 5) is 4.57. The number of hydrogen-bond donors (Lipinski definition) is 1. The maximum atomic E-state index is 4.57. The van der Waals surface area contributed by atoms with Gasteiger partial charge in [0.25, 0.3) is 0 Å². The second kappa shape index (κ2) is 7.59. The molecule has 2 unspecified atom stereocenters. The van der Waals surface area contributed by atoms with Crippen molar-refractivity contribution >= 4 is 16.9 Å². The molecule has 0 saturated heterocycles. The zero-order valence-corrected chi connectivity index (χ0v) is 12.7. The average Bonchev–Trinajstić information content (AvgIpc) is 2.88. The molecule has 1 heterocycles. The first-order chi connectivity index (χ1) is 9.29. The Bertz CT molecular complexity index is 402. The number of nitrogens with zero attached hydrogens (tertiary/aromatic N) is 1. The molecule has 2 atom stereocenters. The number of nitrogens with one attached hydrogen (secondary N) is 1. The van der Waals surface area contributed by atoms with Gasteiger partial charge in [0.15, 0.2) is 5.17 Å². The lowest BCUT2D eigenvalue weighted by Gasteiger charge is -2.13. The summed E-state index contributed by atoms with van der Waals surface area (Å²) in [6, 6.07) is 10.7. The van der Waals surface area contributed by atoms with Crippen LogP contribution in [-0.2, 0) is 0 Å². The first kappa shape index (κ1) is 14.4. The SMILES string of the molecule is CCCC1CN=C(NCCC(C)c2ccccc2)S1. The summed E-state index contributed by atoms with van der Waals surface area (Å²) in [6.45, 7) is 6.55. The van der Waals surface area contributed by atoms with Crippen LogP contribution in [0, 0.1) is 0 Å². The van der Waals surface area contributed by atoms with Gasteiger partial charge >= 0.3 is 0 Å². The van der Waals surface area contributed by atoms with E-state index in [9.17, 15) is 0 Å². The second-order valence-corrected chi connectivity index (χ2v) is 6.49. The lowest BCUT2D eigenvalue weighted by Crippen LogP contribution is -2.22. The molecule has 0 fully saturated rings. The van der Waals surface area contributed by atoms with Crippen molar-refractivity contribution in [2.45, 2.75) is 44.3 Å². The fraction of sp³-hybridized carbons (Fsp3) is 0.562. The number of hydrogen-bond acceptors (Lipinski definition) is 3. The second-order valence-electron chi connectivity index (χ2n) is 5.20. The third-order valence-corrected chi connectivity index (χ3v) is 4.76. The summed E-state index contributed by atoms with van der Waals surface area (Å²) in [6.07, 6.45) is 3.69. The van der Waals surface area contributed by atoms with Crippen molar-refractivity contribution in [3.05, 3.63) is 35.9 Å². The first-order valence-electron chi connectivity index (χ1n) is 7.29. The van der Waals surface area contributed by atoms with E-state index in [1.165, 1.54) is 18.4 Å². The van der Waals surface area contributed by atoms with Crippen molar-refractivity contribution in [3.8, 4) is 0 Å². The van der Waals surface area contributed by atoms with Crippen molar-refractivity contribution in [1.82, 2.24) is 5.32 Å². The monoisotopic (exact) mass is 276 g/mol. The van der Waals surface area contributed by atoms with Crippen molar-refractivity contribution in [2.24, 2.45) is 4.99 Å². The number of amidine groups is 1. The van der Waals surface area contributed by atoms with E-state index >= 15 is 0 Å². The normalized spacial score (nSPS) is 20.1. The van der Waals surface area contributed by atoms with E-state index in [1.54, 1.807) is 0 Å². The van der Waals surface area contributed by atoms with E-state index in [4.69, 9.17) is 0 Å². The van der Waals surface area contributed by atoms with Crippen molar-refractivity contribution in [1.29, 1.82) is 0 Å². The third-order valence-electron chi connectivity index (χ3n) is 3.55. The van der Waals surface area contributed by atoms with Crippen LogP contribution in [-0.4, -0.2) is 23.5 Å². The number of benzene rings is 1. The molecule has 3 heteroatoms. The standard InChI is InChI=1S/C16H24N2S/c1-3-7-15-12-18-16(19-15)17-11-10-13(2)14-8-5-4-6-9-14/h4-6,8-9,13,15H,3,7,10-12H2,1-2H3,(H,17,18). The van der Waals surface area contributed by atoms with Gasteiger partial charge in [-0.05, 0) is 24.3 Å². The van der Waals surface area contributed by atoms with Crippen molar-refractivity contribution in [3.63, 3.8) is 0 Å². The van der Waals surface area contributed by atoms with Gasteiger partial charge in [0.2, 0.25) is 0 Å². The lowest BCUT2D eigenvalue weighted by atomic mass is 9.98. The van der Waals surface area contributed by atoms with Gasteiger partial charge in [0.1, 0.15) is 0 Å². The van der Waals surface area contributed by atoms with Gasteiger partial charge in [-0.15, -0.1) is 0 Å². The third kappa shape index (κ3) is 4.57. The van der Waals surface area contributed by atoms with E-state index in [0.29, 0.717) is 11.2 Å². The maximum Gasteiger partial charge on any atom is 0.156 e. The molecular weight excluding hydrogens is 252 g/mol. The Hall–Kier alpha value is -0.960. The average molecular weight is 276 g/mol. The first-order valence-corrected chi connectivity index (χ1v) is 8.17. The summed E-state index contributed by atoms with van der Waals surface area (Å²) >= 11 is 1.92. The predicted molar refractivity (Wildman–Crippen MR) is 86.1 cm³/mol. The maximum absolute atomic E-state index is 4.57. The fourth-order valence-electron chi connectivity index (χ4n) is 2.33. The molecule has 104 valence electrons. The van der Waals surface area contributed by atoms with Crippen molar-refractivity contribution < 1.29 is 0 Å². The van der Waals surface area contributed by atoms with E-state index in [2.05, 4.69) is 54.5 Å². The fourth-order valence-corrected chi connectivity index (χ4v) is 3.48. The molecule has 0 radical (unpaired) electrons. The Labute approximate surface area is 121 Å². The predicted octanol–water partition coefficient (Wildman–Crippen LogP) is 4.04. The Kier molecular flexibility index (Phi) is 5.77. The van der Waals surface area contributed by atoms with Crippen LogP contribution in [0.1, 0.15) is 44.6 Å². The summed E-state index contributed by atoms with van der Waals surface area (Å²) in [5.41, 5.74) is 1.43. The number of thioether (sulfide) groups is 1. The minimum Gasteiger partial charge on any atom is -0.365 e. The number of aliphatic imine (C=N–C) groups is 1. The van der Waals surface area contributed by atoms with Crippen LogP contribution in [0.2, 0.25) is 0 Å². The number of rotatable bonds is 6. The van der Waals surface area contributed by atoms with Gasteiger partial charge in [-0.25, -0.2) is 0 Å². The van der Waals surface area contributed by atoms with Crippen LogP contribution in [0.25, 0.3) is 0 Å². The molecule has 0 aromatic heterocycles. The molecule has 1 aliphatic rings. The van der Waals surface area contributed by atoms with Gasteiger partial charge in [0, 0.05) is 11.8 Å². The van der Waals surface area contributed by atoms with Crippen LogP contribution in [0.5, 0.6) is 0 Å². The van der Waals surface area contributed by atoms with Gasteiger partial charge in [0.05, 0.1) is 6.54 Å². The molecule has 1 N–H and O–H groups in total. The van der Waals surface area contributed by atoms with Crippen molar-refractivity contribution in [2.75, 3.05) is 13.1 Å². The zero-order chi connectivity index (χ0) is 13.5. The van der Waals surface area contributed by atoms with Gasteiger partial charge in [-0.3, -0.25) is 4.99 Å². The molecular formula is C16H24N2S. The quantitative estimate of drug-likeness (QED) is 0.848. The Morgan fingerprint density at radius 2 is 2.16 bits per heavy atom. The Balaban J connectivity index is 1.67. The van der Waals surface area contributed by atoms with Crippen LogP contribution in [0.15, 0.2) is 35.3 Å². The van der Waals surface area contributed by atoms with Crippen LogP contribution < -0.4 is 5.32 Å². The van der Waals surface area contributed by atoms with Crippen LogP contribution >= 0.6 is 11.8 Å². The lowest BCUT2D eigenvalue weighted by molar-refractivity contribution is 0.663. The molecule has 19 heavy (non-hydrogen) atoms. The van der Waals surface area contributed by atoms with E-state index < -0.39 is 0 Å². The highest BCUT2D eigenvalue weighted by atomic mass is 32.2. The van der Waals surface area contributed by atoms with E-state index in [1.807, 2.05) is 11.8 Å². The molecule has 0 spiro atoms. The molecule has 0 saturated carbocycles. The highest BCUT2D eigenvalue weighted by molar-refractivity contribution is 8.14. The van der Waals surface area contributed by atoms with Crippen LogP contribution in [0.3, 0.4) is 0 Å². The van der Waals surface area contributed by atoms with Gasteiger partial charge in [-0.2, -0.15) is 0 Å². The summed E-state index contributed by atoms with van der Waals surface area (Å²) in [5, 5.41) is 5.34. The molecule has 2 rings (SSSR count). The largest absolute Gasteiger partial charge is 0.365 e. The van der Waals surface area contributed by atoms with E-state index in [-0.39, 0.29) is 0 Å². The molecule has 1 aliphatic heterocycles. The smallest absolute Gasteiger partial charge is 0.156 e. The molecule has 0 amide bonds. The van der Waals surface area contributed by atoms with Gasteiger partial charge < -0.3 is 5.32 Å². The summed E-state index contributed by atoms with van der Waals surface area (Å²) < 4.78 is 0. The molecule has 0 aliphatic carbocycles. The molecule has 1 aromatic carbocycles. The van der Waals surface area contributed by atoms with Gasteiger partial charge in [-0.1, -0.05) is 62.4 Å². The van der Waals surface area contributed by atoms with E-state index in [0.717, 1.165) is 24.7 Å². The highest BCUT2D eigenvalue weighted by Gasteiger charge is 2.18. The molecule has 2 nitrogen and oxygen atoms in total. The summed E-state index contributed by atoms with van der Waals surface area (Å²) in [7, 11) is 0. The zero-order valence-electron chi connectivity index (χ0n) is 11.9. The minimum absolute atomic E-state index is 0.604. The topological polar surface area (TPSA) is 24.4 Å². The highest BCUT2D eigenvalue weighted by Crippen LogP contribution is 2.24. The molecule has 1 aromatic rings. The van der Waals surface area contributed by atoms with Crippen LogP contribution in [0.4, 0.5) is 0 Å².